The SMILES string of the molecule is Cc1n[nH]c(C)c1CCNC(=O)[C@@H]1CCCN(CC(N)=O)C1. The molecule has 122 valence electrons. The molecule has 1 saturated heterocycles. The van der Waals surface area contributed by atoms with Crippen LogP contribution in [0.15, 0.2) is 0 Å². The van der Waals surface area contributed by atoms with E-state index in [9.17, 15) is 9.59 Å². The molecule has 1 aromatic heterocycles. The van der Waals surface area contributed by atoms with E-state index in [1.807, 2.05) is 18.7 Å². The lowest BCUT2D eigenvalue weighted by molar-refractivity contribution is -0.128. The topological polar surface area (TPSA) is 104 Å². The number of hydrogen-bond acceptors (Lipinski definition) is 4. The molecule has 1 fully saturated rings. The van der Waals surface area contributed by atoms with Crippen LogP contribution in [0.4, 0.5) is 0 Å². The van der Waals surface area contributed by atoms with Gasteiger partial charge in [-0.05, 0) is 45.2 Å². The molecule has 7 nitrogen and oxygen atoms in total. The average Bonchev–Trinajstić information content (AvgIpc) is 2.78. The van der Waals surface area contributed by atoms with Gasteiger partial charge in [-0.3, -0.25) is 19.6 Å². The molecule has 1 aliphatic heterocycles. The predicted molar refractivity (Wildman–Crippen MR) is 83.1 cm³/mol. The molecule has 0 saturated carbocycles. The molecule has 2 amide bonds. The van der Waals surface area contributed by atoms with Gasteiger partial charge in [0.15, 0.2) is 0 Å². The number of nitrogens with zero attached hydrogens (tertiary/aromatic N) is 2. The summed E-state index contributed by atoms with van der Waals surface area (Å²) in [6.45, 7) is 6.23. The van der Waals surface area contributed by atoms with Gasteiger partial charge in [0, 0.05) is 18.8 Å². The molecule has 0 radical (unpaired) electrons. The molecule has 2 heterocycles. The first-order valence-electron chi connectivity index (χ1n) is 7.76. The summed E-state index contributed by atoms with van der Waals surface area (Å²) < 4.78 is 0. The minimum atomic E-state index is -0.341. The number of aromatic amines is 1. The number of amides is 2. The summed E-state index contributed by atoms with van der Waals surface area (Å²) in [5.74, 6) is -0.334. The number of primary amides is 1. The van der Waals surface area contributed by atoms with Crippen molar-refractivity contribution in [2.24, 2.45) is 11.7 Å². The fraction of sp³-hybridized carbons (Fsp3) is 0.667. The lowest BCUT2D eigenvalue weighted by Gasteiger charge is -2.30. The second-order valence-corrected chi connectivity index (χ2v) is 5.99. The average molecular weight is 307 g/mol. The molecule has 2 rings (SSSR count). The summed E-state index contributed by atoms with van der Waals surface area (Å²) in [4.78, 5) is 25.2. The van der Waals surface area contributed by atoms with E-state index in [1.165, 1.54) is 5.56 Å². The highest BCUT2D eigenvalue weighted by Crippen LogP contribution is 2.16. The number of hydrogen-bond donors (Lipinski definition) is 3. The summed E-state index contributed by atoms with van der Waals surface area (Å²) in [6, 6.07) is 0. The van der Waals surface area contributed by atoms with Crippen molar-refractivity contribution in [3.05, 3.63) is 17.0 Å². The summed E-state index contributed by atoms with van der Waals surface area (Å²) in [7, 11) is 0. The van der Waals surface area contributed by atoms with Gasteiger partial charge in [-0.25, -0.2) is 0 Å². The van der Waals surface area contributed by atoms with Crippen molar-refractivity contribution >= 4 is 11.8 Å². The van der Waals surface area contributed by atoms with Crippen LogP contribution in [0.1, 0.15) is 29.8 Å². The molecule has 1 aliphatic rings. The van der Waals surface area contributed by atoms with Gasteiger partial charge < -0.3 is 11.1 Å². The highest BCUT2D eigenvalue weighted by Gasteiger charge is 2.26. The van der Waals surface area contributed by atoms with E-state index in [0.717, 1.165) is 37.2 Å². The summed E-state index contributed by atoms with van der Waals surface area (Å²) in [5.41, 5.74) is 8.42. The Morgan fingerprint density at radius 2 is 2.23 bits per heavy atom. The van der Waals surface area contributed by atoms with Crippen molar-refractivity contribution in [3.8, 4) is 0 Å². The van der Waals surface area contributed by atoms with Crippen LogP contribution in [0.5, 0.6) is 0 Å². The van der Waals surface area contributed by atoms with Crippen molar-refractivity contribution in [2.45, 2.75) is 33.1 Å². The second-order valence-electron chi connectivity index (χ2n) is 5.99. The number of carbonyl (C=O) groups is 2. The van der Waals surface area contributed by atoms with Crippen molar-refractivity contribution < 1.29 is 9.59 Å². The van der Waals surface area contributed by atoms with Crippen molar-refractivity contribution in [2.75, 3.05) is 26.2 Å². The molecule has 1 atom stereocenters. The standard InChI is InChI=1S/C15H25N5O2/c1-10-13(11(2)19-18-10)5-6-17-15(22)12-4-3-7-20(8-12)9-14(16)21/h12H,3-9H2,1-2H3,(H2,16,21)(H,17,22)(H,18,19)/t12-/m1/s1. The molecule has 0 aromatic carbocycles. The van der Waals surface area contributed by atoms with Crippen LogP contribution in [0, 0.1) is 19.8 Å². The Hall–Kier alpha value is -1.89. The first-order chi connectivity index (χ1) is 10.5. The third kappa shape index (κ3) is 4.30. The number of aromatic nitrogens is 2. The number of nitrogens with one attached hydrogen (secondary N) is 2. The lowest BCUT2D eigenvalue weighted by atomic mass is 9.97. The Balaban J connectivity index is 1.78. The van der Waals surface area contributed by atoms with Crippen LogP contribution in [0.25, 0.3) is 0 Å². The van der Waals surface area contributed by atoms with Crippen LogP contribution < -0.4 is 11.1 Å². The molecule has 22 heavy (non-hydrogen) atoms. The quantitative estimate of drug-likeness (QED) is 0.681. The maximum atomic E-state index is 12.3. The molecular weight excluding hydrogens is 282 g/mol. The van der Waals surface area contributed by atoms with Gasteiger partial charge in [-0.2, -0.15) is 5.10 Å². The fourth-order valence-electron chi connectivity index (χ4n) is 3.03. The van der Waals surface area contributed by atoms with E-state index in [2.05, 4.69) is 15.5 Å². The molecular formula is C15H25N5O2. The van der Waals surface area contributed by atoms with Gasteiger partial charge in [0.25, 0.3) is 0 Å². The van der Waals surface area contributed by atoms with Crippen LogP contribution in [0.3, 0.4) is 0 Å². The molecule has 7 heteroatoms. The van der Waals surface area contributed by atoms with Crippen LogP contribution in [-0.2, 0) is 16.0 Å². The monoisotopic (exact) mass is 307 g/mol. The smallest absolute Gasteiger partial charge is 0.231 e. The minimum absolute atomic E-state index is 0.0559. The van der Waals surface area contributed by atoms with E-state index in [0.29, 0.717) is 13.1 Å². The minimum Gasteiger partial charge on any atom is -0.369 e. The van der Waals surface area contributed by atoms with E-state index in [4.69, 9.17) is 5.73 Å². The molecule has 0 bridgehead atoms. The van der Waals surface area contributed by atoms with E-state index >= 15 is 0 Å². The number of aryl methyl sites for hydroxylation is 2. The molecule has 0 aliphatic carbocycles. The van der Waals surface area contributed by atoms with Gasteiger partial charge in [0.2, 0.25) is 11.8 Å². The molecule has 0 unspecified atom stereocenters. The third-order valence-electron chi connectivity index (χ3n) is 4.21. The van der Waals surface area contributed by atoms with E-state index in [-0.39, 0.29) is 24.3 Å². The van der Waals surface area contributed by atoms with E-state index < -0.39 is 0 Å². The second kappa shape index (κ2) is 7.40. The summed E-state index contributed by atoms with van der Waals surface area (Å²) in [5, 5.41) is 10.1. The number of H-pyrrole nitrogens is 1. The number of carbonyl (C=O) groups excluding carboxylic acids is 2. The largest absolute Gasteiger partial charge is 0.369 e. The zero-order valence-electron chi connectivity index (χ0n) is 13.3. The van der Waals surface area contributed by atoms with Gasteiger partial charge in [-0.15, -0.1) is 0 Å². The number of likely N-dealkylation sites (tertiary alicyclic amines) is 1. The number of nitrogens with two attached hydrogens (primary N) is 1. The maximum Gasteiger partial charge on any atom is 0.231 e. The first-order valence-corrected chi connectivity index (χ1v) is 7.76. The highest BCUT2D eigenvalue weighted by atomic mass is 16.2. The maximum absolute atomic E-state index is 12.3. The first kappa shape index (κ1) is 16.5. The van der Waals surface area contributed by atoms with Crippen molar-refractivity contribution in [3.63, 3.8) is 0 Å². The van der Waals surface area contributed by atoms with Gasteiger partial charge in [0.05, 0.1) is 18.2 Å². The fourth-order valence-corrected chi connectivity index (χ4v) is 3.03. The van der Waals surface area contributed by atoms with E-state index in [1.54, 1.807) is 0 Å². The molecule has 0 spiro atoms. The van der Waals surface area contributed by atoms with Gasteiger partial charge in [-0.1, -0.05) is 0 Å². The summed E-state index contributed by atoms with van der Waals surface area (Å²) in [6.07, 6.45) is 2.56. The van der Waals surface area contributed by atoms with Crippen molar-refractivity contribution in [1.82, 2.24) is 20.4 Å². The predicted octanol–water partition coefficient (Wildman–Crippen LogP) is -0.117. The third-order valence-corrected chi connectivity index (χ3v) is 4.21. The zero-order valence-corrected chi connectivity index (χ0v) is 13.3. The van der Waals surface area contributed by atoms with Crippen molar-refractivity contribution in [1.29, 1.82) is 0 Å². The molecule has 4 N–H and O–H groups in total. The Morgan fingerprint density at radius 1 is 1.45 bits per heavy atom. The Morgan fingerprint density at radius 3 is 2.86 bits per heavy atom. The van der Waals surface area contributed by atoms with Gasteiger partial charge in [0.1, 0.15) is 0 Å². The zero-order chi connectivity index (χ0) is 16.1. The Bertz CT molecular complexity index is 521. The van der Waals surface area contributed by atoms with Crippen LogP contribution in [-0.4, -0.2) is 53.1 Å². The normalized spacial score (nSPS) is 19.1. The summed E-state index contributed by atoms with van der Waals surface area (Å²) >= 11 is 0. The van der Waals surface area contributed by atoms with Crippen LogP contribution in [0.2, 0.25) is 0 Å². The van der Waals surface area contributed by atoms with Crippen LogP contribution >= 0.6 is 0 Å². The number of piperidine rings is 1. The highest BCUT2D eigenvalue weighted by molar-refractivity contribution is 5.79. The number of rotatable bonds is 6. The lowest BCUT2D eigenvalue weighted by Crippen LogP contribution is -2.46. The Labute approximate surface area is 130 Å². The van der Waals surface area contributed by atoms with Gasteiger partial charge >= 0.3 is 0 Å². The Kier molecular flexibility index (Phi) is 5.54. The molecule has 1 aromatic rings.